The molecule has 20 heavy (non-hydrogen) atoms. The Labute approximate surface area is 121 Å². The van der Waals surface area contributed by atoms with Crippen LogP contribution < -0.4 is 0 Å². The summed E-state index contributed by atoms with van der Waals surface area (Å²) in [4.78, 5) is 16.9. The molecule has 0 bridgehead atoms. The topological polar surface area (TPSA) is 53.0 Å². The van der Waals surface area contributed by atoms with E-state index in [0.29, 0.717) is 19.5 Å². The van der Waals surface area contributed by atoms with Gasteiger partial charge in [0.05, 0.1) is 24.4 Å². The third-order valence-corrected chi connectivity index (χ3v) is 4.20. The standard InChI is InChI=1S/C15H28N2O3/c1-10(2)14(15(19)16-6-5-13(18)9-16)17-7-11(3)20-12(4)8-17/h10-14,18H,5-9H2,1-4H3/t11?,12?,13-,14?/m1/s1. The van der Waals surface area contributed by atoms with E-state index in [-0.39, 0.29) is 36.2 Å². The van der Waals surface area contributed by atoms with Gasteiger partial charge in [0.1, 0.15) is 0 Å². The molecule has 2 fully saturated rings. The highest BCUT2D eigenvalue weighted by Crippen LogP contribution is 2.22. The molecule has 0 aromatic rings. The van der Waals surface area contributed by atoms with Crippen LogP contribution in [0.4, 0.5) is 0 Å². The summed E-state index contributed by atoms with van der Waals surface area (Å²) < 4.78 is 5.76. The summed E-state index contributed by atoms with van der Waals surface area (Å²) in [6.45, 7) is 11.1. The molecular weight excluding hydrogens is 256 g/mol. The Balaban J connectivity index is 2.08. The third-order valence-electron chi connectivity index (χ3n) is 4.20. The Morgan fingerprint density at radius 3 is 2.25 bits per heavy atom. The van der Waals surface area contributed by atoms with E-state index in [4.69, 9.17) is 4.74 Å². The van der Waals surface area contributed by atoms with Crippen LogP contribution >= 0.6 is 0 Å². The Kier molecular flexibility index (Phi) is 5.04. The van der Waals surface area contributed by atoms with Gasteiger partial charge in [-0.2, -0.15) is 0 Å². The van der Waals surface area contributed by atoms with Gasteiger partial charge in [0, 0.05) is 26.2 Å². The molecule has 0 aromatic heterocycles. The molecule has 1 N–H and O–H groups in total. The summed E-state index contributed by atoms with van der Waals surface area (Å²) in [7, 11) is 0. The number of β-amino-alcohol motifs (C(OH)–C–C–N with tert-alkyl or cyclic N) is 1. The Morgan fingerprint density at radius 2 is 1.80 bits per heavy atom. The van der Waals surface area contributed by atoms with Gasteiger partial charge in [-0.25, -0.2) is 0 Å². The average Bonchev–Trinajstić information content (AvgIpc) is 2.74. The minimum Gasteiger partial charge on any atom is -0.391 e. The van der Waals surface area contributed by atoms with Crippen LogP contribution in [0.25, 0.3) is 0 Å². The SMILES string of the molecule is CC1CN(C(C(=O)N2CC[C@@H](O)C2)C(C)C)CC(C)O1. The smallest absolute Gasteiger partial charge is 0.240 e. The van der Waals surface area contributed by atoms with E-state index in [1.807, 2.05) is 4.90 Å². The maximum Gasteiger partial charge on any atom is 0.240 e. The highest BCUT2D eigenvalue weighted by atomic mass is 16.5. The Hall–Kier alpha value is -0.650. The molecule has 2 heterocycles. The lowest BCUT2D eigenvalue weighted by Crippen LogP contribution is -2.57. The highest BCUT2D eigenvalue weighted by molar-refractivity contribution is 5.82. The number of aliphatic hydroxyl groups is 1. The van der Waals surface area contributed by atoms with Crippen molar-refractivity contribution in [2.75, 3.05) is 26.2 Å². The quantitative estimate of drug-likeness (QED) is 0.829. The monoisotopic (exact) mass is 284 g/mol. The van der Waals surface area contributed by atoms with Crippen molar-refractivity contribution in [3.63, 3.8) is 0 Å². The van der Waals surface area contributed by atoms with Crippen LogP contribution in [0.2, 0.25) is 0 Å². The molecule has 2 rings (SSSR count). The van der Waals surface area contributed by atoms with E-state index < -0.39 is 0 Å². The first-order valence-electron chi connectivity index (χ1n) is 7.74. The predicted octanol–water partition coefficient (Wildman–Crippen LogP) is 0.713. The van der Waals surface area contributed by atoms with Gasteiger partial charge < -0.3 is 14.7 Å². The number of likely N-dealkylation sites (tertiary alicyclic amines) is 1. The first-order chi connectivity index (χ1) is 9.38. The number of carbonyl (C=O) groups is 1. The van der Waals surface area contributed by atoms with Gasteiger partial charge in [0.25, 0.3) is 0 Å². The van der Waals surface area contributed by atoms with Crippen LogP contribution in [0, 0.1) is 5.92 Å². The number of ether oxygens (including phenoxy) is 1. The second-order valence-corrected chi connectivity index (χ2v) is 6.63. The minimum absolute atomic E-state index is 0.103. The number of carbonyl (C=O) groups excluding carboxylic acids is 1. The van der Waals surface area contributed by atoms with Crippen molar-refractivity contribution >= 4 is 5.91 Å². The number of nitrogens with zero attached hydrogens (tertiary/aromatic N) is 2. The van der Waals surface area contributed by atoms with Crippen molar-refractivity contribution in [3.05, 3.63) is 0 Å². The van der Waals surface area contributed by atoms with Gasteiger partial charge in [-0.05, 0) is 26.2 Å². The molecule has 1 amide bonds. The molecule has 0 aromatic carbocycles. The highest BCUT2D eigenvalue weighted by Gasteiger charge is 2.38. The number of hydrogen-bond donors (Lipinski definition) is 1. The van der Waals surface area contributed by atoms with E-state index >= 15 is 0 Å². The van der Waals surface area contributed by atoms with Crippen LogP contribution in [0.15, 0.2) is 0 Å². The van der Waals surface area contributed by atoms with E-state index in [2.05, 4.69) is 32.6 Å². The summed E-state index contributed by atoms with van der Waals surface area (Å²) in [6, 6.07) is -0.103. The first-order valence-corrected chi connectivity index (χ1v) is 7.74. The number of hydrogen-bond acceptors (Lipinski definition) is 4. The fraction of sp³-hybridized carbons (Fsp3) is 0.933. The van der Waals surface area contributed by atoms with Crippen LogP contribution in [0.1, 0.15) is 34.1 Å². The predicted molar refractivity (Wildman–Crippen MR) is 77.4 cm³/mol. The van der Waals surface area contributed by atoms with E-state index in [1.165, 1.54) is 0 Å². The molecule has 2 aliphatic rings. The second-order valence-electron chi connectivity index (χ2n) is 6.63. The van der Waals surface area contributed by atoms with Crippen molar-refractivity contribution in [2.45, 2.75) is 58.5 Å². The summed E-state index contributed by atoms with van der Waals surface area (Å²) >= 11 is 0. The lowest BCUT2D eigenvalue weighted by molar-refractivity contribution is -0.144. The van der Waals surface area contributed by atoms with Crippen molar-refractivity contribution in [2.24, 2.45) is 5.92 Å². The van der Waals surface area contributed by atoms with Gasteiger partial charge in [0.15, 0.2) is 0 Å². The molecule has 5 heteroatoms. The van der Waals surface area contributed by atoms with Crippen LogP contribution in [0.5, 0.6) is 0 Å². The van der Waals surface area contributed by atoms with E-state index in [0.717, 1.165) is 13.1 Å². The van der Waals surface area contributed by atoms with Gasteiger partial charge in [-0.15, -0.1) is 0 Å². The molecule has 4 atom stereocenters. The van der Waals surface area contributed by atoms with Crippen LogP contribution in [0.3, 0.4) is 0 Å². The Morgan fingerprint density at radius 1 is 1.20 bits per heavy atom. The van der Waals surface area contributed by atoms with E-state index in [1.54, 1.807) is 0 Å². The number of amides is 1. The minimum atomic E-state index is -0.353. The molecule has 0 saturated carbocycles. The van der Waals surface area contributed by atoms with Crippen molar-refractivity contribution in [3.8, 4) is 0 Å². The molecule has 3 unspecified atom stereocenters. The van der Waals surface area contributed by atoms with Gasteiger partial charge in [-0.3, -0.25) is 9.69 Å². The lowest BCUT2D eigenvalue weighted by Gasteiger charge is -2.42. The number of morpholine rings is 1. The zero-order valence-electron chi connectivity index (χ0n) is 13.1. The summed E-state index contributed by atoms with van der Waals surface area (Å²) in [6.07, 6.45) is 0.676. The summed E-state index contributed by atoms with van der Waals surface area (Å²) in [5.74, 6) is 0.426. The van der Waals surface area contributed by atoms with Crippen molar-refractivity contribution in [1.82, 2.24) is 9.80 Å². The molecule has 0 radical (unpaired) electrons. The van der Waals surface area contributed by atoms with Crippen molar-refractivity contribution in [1.29, 1.82) is 0 Å². The third kappa shape index (κ3) is 3.51. The van der Waals surface area contributed by atoms with E-state index in [9.17, 15) is 9.90 Å². The van der Waals surface area contributed by atoms with Gasteiger partial charge in [-0.1, -0.05) is 13.8 Å². The van der Waals surface area contributed by atoms with Gasteiger partial charge >= 0.3 is 0 Å². The second kappa shape index (κ2) is 6.41. The average molecular weight is 284 g/mol. The molecular formula is C15H28N2O3. The van der Waals surface area contributed by atoms with Crippen LogP contribution in [-0.4, -0.2) is 71.3 Å². The molecule has 2 aliphatic heterocycles. The fourth-order valence-corrected chi connectivity index (χ4v) is 3.44. The lowest BCUT2D eigenvalue weighted by atomic mass is 9.99. The zero-order chi connectivity index (χ0) is 14.9. The fourth-order valence-electron chi connectivity index (χ4n) is 3.44. The van der Waals surface area contributed by atoms with Gasteiger partial charge in [0.2, 0.25) is 5.91 Å². The molecule has 116 valence electrons. The maximum absolute atomic E-state index is 12.8. The number of aliphatic hydroxyl groups excluding tert-OH is 1. The Bertz CT molecular complexity index is 338. The largest absolute Gasteiger partial charge is 0.391 e. The summed E-state index contributed by atoms with van der Waals surface area (Å²) in [5.41, 5.74) is 0. The zero-order valence-corrected chi connectivity index (χ0v) is 13.1. The maximum atomic E-state index is 12.8. The molecule has 2 saturated heterocycles. The summed E-state index contributed by atoms with van der Waals surface area (Å²) in [5, 5.41) is 9.64. The molecule has 0 spiro atoms. The van der Waals surface area contributed by atoms with Crippen molar-refractivity contribution < 1.29 is 14.6 Å². The van der Waals surface area contributed by atoms with Crippen LogP contribution in [-0.2, 0) is 9.53 Å². The first kappa shape index (κ1) is 15.7. The number of rotatable bonds is 3. The molecule has 0 aliphatic carbocycles. The molecule has 5 nitrogen and oxygen atoms in total. The normalized spacial score (nSPS) is 33.7.